The van der Waals surface area contributed by atoms with Gasteiger partial charge in [-0.1, -0.05) is 66.3 Å². The zero-order valence-electron chi connectivity index (χ0n) is 28.2. The van der Waals surface area contributed by atoms with Gasteiger partial charge >= 0.3 is 0 Å². The van der Waals surface area contributed by atoms with Crippen molar-refractivity contribution in [1.82, 2.24) is 0 Å². The first-order valence-corrected chi connectivity index (χ1v) is 17.2. The Hall–Kier alpha value is -5.96. The molecule has 256 valence electrons. The van der Waals surface area contributed by atoms with Crippen molar-refractivity contribution in [3.05, 3.63) is 126 Å². The summed E-state index contributed by atoms with van der Waals surface area (Å²) in [7, 11) is 1.48. The second-order valence-electron chi connectivity index (χ2n) is 13.9. The molecule has 6 unspecified atom stereocenters. The lowest BCUT2D eigenvalue weighted by Crippen LogP contribution is -2.49. The van der Waals surface area contributed by atoms with Crippen LogP contribution in [-0.4, -0.2) is 35.8 Å². The van der Waals surface area contributed by atoms with Crippen LogP contribution in [0.4, 0.5) is 22.7 Å². The van der Waals surface area contributed by atoms with Crippen LogP contribution >= 0.6 is 0 Å². The highest BCUT2D eigenvalue weighted by Crippen LogP contribution is 2.61. The van der Waals surface area contributed by atoms with Crippen molar-refractivity contribution in [1.29, 1.82) is 0 Å². The number of allylic oxidation sites excluding steroid dienone is 3. The third kappa shape index (κ3) is 5.14. The summed E-state index contributed by atoms with van der Waals surface area (Å²) in [4.78, 5) is 59.8. The molecule has 0 radical (unpaired) electrons. The van der Waals surface area contributed by atoms with Gasteiger partial charge in [0.2, 0.25) is 23.6 Å². The largest absolute Gasteiger partial charge is 0.504 e. The number of ether oxygens (including phenoxy) is 1. The number of imide groups is 2. The Bertz CT molecular complexity index is 2110. The van der Waals surface area contributed by atoms with Crippen molar-refractivity contribution in [3.63, 3.8) is 0 Å². The number of benzene rings is 4. The lowest BCUT2D eigenvalue weighted by atomic mass is 9.52. The molecule has 0 aromatic heterocycles. The number of amides is 4. The van der Waals surface area contributed by atoms with Crippen molar-refractivity contribution in [2.75, 3.05) is 22.2 Å². The number of carbonyl (C=O) groups is 4. The van der Waals surface area contributed by atoms with Gasteiger partial charge in [0, 0.05) is 17.3 Å². The Balaban J connectivity index is 1.15. The van der Waals surface area contributed by atoms with Gasteiger partial charge in [0.25, 0.3) is 0 Å². The number of nitrogens with zero attached hydrogens (tertiary/aromatic N) is 2. The van der Waals surface area contributed by atoms with E-state index in [1.807, 2.05) is 73.7 Å². The van der Waals surface area contributed by atoms with Gasteiger partial charge in [-0.25, -0.2) is 4.90 Å². The van der Waals surface area contributed by atoms with Crippen LogP contribution in [0.3, 0.4) is 0 Å². The monoisotopic (exact) mass is 679 g/mol. The van der Waals surface area contributed by atoms with Crippen molar-refractivity contribution in [3.8, 4) is 11.5 Å². The van der Waals surface area contributed by atoms with E-state index >= 15 is 0 Å². The minimum absolute atomic E-state index is 0.00608. The highest BCUT2D eigenvalue weighted by Gasteiger charge is 2.66. The van der Waals surface area contributed by atoms with Gasteiger partial charge in [-0.15, -0.1) is 0 Å². The fourth-order valence-corrected chi connectivity index (χ4v) is 8.68. The number of hydrogen-bond donors (Lipinski definition) is 2. The van der Waals surface area contributed by atoms with Crippen LogP contribution < -0.4 is 19.9 Å². The highest BCUT2D eigenvalue weighted by molar-refractivity contribution is 6.25. The molecule has 4 aromatic carbocycles. The minimum atomic E-state index is -1.13. The average Bonchev–Trinajstić information content (AvgIpc) is 3.52. The van der Waals surface area contributed by atoms with Gasteiger partial charge in [-0.3, -0.25) is 24.1 Å². The maximum atomic E-state index is 14.5. The van der Waals surface area contributed by atoms with Gasteiger partial charge in [0.1, 0.15) is 0 Å². The molecule has 0 bridgehead atoms. The normalized spacial score (nSPS) is 26.9. The molecular weight excluding hydrogens is 642 g/mol. The molecule has 0 spiro atoms. The summed E-state index contributed by atoms with van der Waals surface area (Å²) in [6, 6.07) is 30.9. The summed E-state index contributed by atoms with van der Waals surface area (Å²) < 4.78 is 5.32. The summed E-state index contributed by atoms with van der Waals surface area (Å²) in [5.41, 5.74) is 3.26. The number of rotatable bonds is 7. The van der Waals surface area contributed by atoms with Crippen molar-refractivity contribution < 1.29 is 29.0 Å². The highest BCUT2D eigenvalue weighted by atomic mass is 16.5. The zero-order chi connectivity index (χ0) is 35.4. The lowest BCUT2D eigenvalue weighted by Gasteiger charge is -2.47. The Morgan fingerprint density at radius 1 is 0.784 bits per heavy atom. The second kappa shape index (κ2) is 12.4. The van der Waals surface area contributed by atoms with E-state index in [1.165, 1.54) is 16.9 Å². The number of aromatic hydroxyl groups is 1. The molecule has 51 heavy (non-hydrogen) atoms. The molecule has 2 heterocycles. The Morgan fingerprint density at radius 2 is 1.45 bits per heavy atom. The van der Waals surface area contributed by atoms with Crippen molar-refractivity contribution in [2.24, 2.45) is 35.0 Å². The van der Waals surface area contributed by atoms with Crippen molar-refractivity contribution in [2.45, 2.75) is 19.8 Å². The van der Waals surface area contributed by atoms with Gasteiger partial charge in [0.15, 0.2) is 11.5 Å². The smallest absolute Gasteiger partial charge is 0.241 e. The molecule has 6 atom stereocenters. The number of nitrogens with one attached hydrogen (secondary N) is 1. The third-order valence-electron chi connectivity index (χ3n) is 11.2. The van der Waals surface area contributed by atoms with E-state index in [0.29, 0.717) is 23.5 Å². The van der Waals surface area contributed by atoms with Crippen LogP contribution in [0.25, 0.3) is 6.08 Å². The standard InChI is InChI=1S/C42H37N3O6/c1-42-33(21-13-25-14-22-35(46)36(23-25)51-2)30-19-20-31-37(32(30)24-34(42)39(48)45(41(42)50)28-11-7-4-8-12-28)40(49)44(38(31)47)29-17-15-27(16-18-29)43-26-9-5-3-6-10-26/h3-19,21-23,31-34,37,43,46H,20,24H2,1-2H3. The molecule has 9 nitrogen and oxygen atoms in total. The molecule has 2 aliphatic heterocycles. The van der Waals surface area contributed by atoms with Gasteiger partial charge in [-0.2, -0.15) is 0 Å². The first kappa shape index (κ1) is 32.3. The van der Waals surface area contributed by atoms with Gasteiger partial charge in [-0.05, 0) is 91.9 Å². The number of fused-ring (bicyclic) bond motifs is 4. The first-order valence-electron chi connectivity index (χ1n) is 17.2. The third-order valence-corrected chi connectivity index (χ3v) is 11.2. The quantitative estimate of drug-likeness (QED) is 0.158. The molecule has 2 saturated heterocycles. The Morgan fingerprint density at radius 3 is 2.16 bits per heavy atom. The average molecular weight is 680 g/mol. The molecule has 4 amide bonds. The fourth-order valence-electron chi connectivity index (χ4n) is 8.68. The number of phenolic OH excluding ortho intramolecular Hbond substituents is 1. The van der Waals surface area contributed by atoms with E-state index in [0.717, 1.165) is 22.5 Å². The van der Waals surface area contributed by atoms with Crippen LogP contribution in [0.2, 0.25) is 0 Å². The minimum Gasteiger partial charge on any atom is -0.504 e. The Labute approximate surface area is 295 Å². The molecule has 3 fully saturated rings. The van der Waals surface area contributed by atoms with Gasteiger partial charge < -0.3 is 15.2 Å². The molecule has 4 aromatic rings. The van der Waals surface area contributed by atoms with E-state index < -0.39 is 35.0 Å². The summed E-state index contributed by atoms with van der Waals surface area (Å²) in [6.45, 7) is 1.86. The van der Waals surface area contributed by atoms with Crippen LogP contribution in [0, 0.1) is 35.0 Å². The number of carbonyl (C=O) groups excluding carboxylic acids is 4. The summed E-state index contributed by atoms with van der Waals surface area (Å²) in [5, 5.41) is 13.5. The van der Waals surface area contributed by atoms with Crippen LogP contribution in [0.1, 0.15) is 25.3 Å². The maximum absolute atomic E-state index is 14.5. The molecule has 2 N–H and O–H groups in total. The lowest BCUT2D eigenvalue weighted by molar-refractivity contribution is -0.132. The molecule has 2 aliphatic carbocycles. The summed E-state index contributed by atoms with van der Waals surface area (Å²) >= 11 is 0. The Kier molecular flexibility index (Phi) is 7.86. The second-order valence-corrected chi connectivity index (χ2v) is 13.9. The molecule has 8 rings (SSSR count). The summed E-state index contributed by atoms with van der Waals surface area (Å²) in [5.74, 6) is -3.70. The fraction of sp³-hybridized carbons (Fsp3) is 0.238. The van der Waals surface area contributed by atoms with Crippen LogP contribution in [0.15, 0.2) is 121 Å². The number of anilines is 4. The molecule has 1 saturated carbocycles. The SMILES string of the molecule is COc1cc(C=CC2C3=CCC4C(=O)N(c5ccc(Nc6ccccc6)cc5)C(=O)C4C3CC3C(=O)N(c4ccccc4)C(=O)C23C)ccc1O. The maximum Gasteiger partial charge on any atom is 0.241 e. The van der Waals surface area contributed by atoms with Crippen LogP contribution in [0.5, 0.6) is 11.5 Å². The van der Waals surface area contributed by atoms with E-state index in [1.54, 1.807) is 54.6 Å². The molecular formula is C42H37N3O6. The number of para-hydroxylation sites is 2. The van der Waals surface area contributed by atoms with Gasteiger partial charge in [0.05, 0.1) is 41.7 Å². The number of hydrogen-bond acceptors (Lipinski definition) is 7. The number of phenols is 1. The van der Waals surface area contributed by atoms with E-state index in [9.17, 15) is 24.3 Å². The predicted octanol–water partition coefficient (Wildman–Crippen LogP) is 7.13. The molecule has 4 aliphatic rings. The first-order chi connectivity index (χ1) is 24.7. The van der Waals surface area contributed by atoms with E-state index in [4.69, 9.17) is 4.74 Å². The summed E-state index contributed by atoms with van der Waals surface area (Å²) in [6.07, 6.45) is 6.47. The molecule has 9 heteroatoms. The zero-order valence-corrected chi connectivity index (χ0v) is 28.2. The van der Waals surface area contributed by atoms with E-state index in [-0.39, 0.29) is 35.8 Å². The topological polar surface area (TPSA) is 116 Å². The van der Waals surface area contributed by atoms with E-state index in [2.05, 4.69) is 5.32 Å². The van der Waals surface area contributed by atoms with Crippen molar-refractivity contribution >= 4 is 52.5 Å². The predicted molar refractivity (Wildman–Crippen MR) is 194 cm³/mol. The van der Waals surface area contributed by atoms with Crippen LogP contribution in [-0.2, 0) is 19.2 Å². The number of methoxy groups -OCH3 is 1.